The fourth-order valence-electron chi connectivity index (χ4n) is 3.94. The van der Waals surface area contributed by atoms with E-state index >= 15 is 0 Å². The molecule has 0 aliphatic carbocycles. The Kier molecular flexibility index (Phi) is 5.63. The quantitative estimate of drug-likeness (QED) is 0.460. The minimum Gasteiger partial charge on any atom is -0.461 e. The zero-order chi connectivity index (χ0) is 22.1. The van der Waals surface area contributed by atoms with Gasteiger partial charge in [-0.3, -0.25) is 9.59 Å². The van der Waals surface area contributed by atoms with Crippen LogP contribution in [0.4, 0.5) is 5.69 Å². The molecule has 6 heteroatoms. The number of hydrogen-bond donors (Lipinski definition) is 0. The van der Waals surface area contributed by atoms with Gasteiger partial charge in [0, 0.05) is 35.7 Å². The summed E-state index contributed by atoms with van der Waals surface area (Å²) >= 11 is 0. The largest absolute Gasteiger partial charge is 0.461 e. The van der Waals surface area contributed by atoms with Crippen LogP contribution >= 0.6 is 0 Å². The number of amides is 1. The minimum absolute atomic E-state index is 0.0423. The summed E-state index contributed by atoms with van der Waals surface area (Å²) < 4.78 is 10.9. The predicted molar refractivity (Wildman–Crippen MR) is 118 cm³/mol. The zero-order valence-electron chi connectivity index (χ0n) is 17.9. The molecule has 2 heterocycles. The number of nitrogens with zero attached hydrogens (tertiary/aromatic N) is 1. The van der Waals surface area contributed by atoms with Crippen molar-refractivity contribution in [1.29, 1.82) is 0 Å². The van der Waals surface area contributed by atoms with Gasteiger partial charge in [-0.05, 0) is 49.1 Å². The molecule has 31 heavy (non-hydrogen) atoms. The van der Waals surface area contributed by atoms with Gasteiger partial charge in [0.2, 0.25) is 5.91 Å². The summed E-state index contributed by atoms with van der Waals surface area (Å²) in [5.74, 6) is -1.07. The number of carbonyl (C=O) groups excluding carboxylic acids is 2. The molecule has 0 spiro atoms. The number of carbonyl (C=O) groups is 2. The third-order valence-corrected chi connectivity index (χ3v) is 6.00. The summed E-state index contributed by atoms with van der Waals surface area (Å²) in [5, 5.41) is 0.746. The molecule has 6 nitrogen and oxygen atoms in total. The Balaban J connectivity index is 1.48. The third-order valence-electron chi connectivity index (χ3n) is 6.00. The van der Waals surface area contributed by atoms with Crippen LogP contribution in [0.25, 0.3) is 11.0 Å². The molecular formula is C25H25NO5. The second-order valence-corrected chi connectivity index (χ2v) is 8.01. The van der Waals surface area contributed by atoms with Gasteiger partial charge in [-0.2, -0.15) is 0 Å². The monoisotopic (exact) mass is 419 g/mol. The van der Waals surface area contributed by atoms with E-state index in [-0.39, 0.29) is 18.9 Å². The Morgan fingerprint density at radius 3 is 2.58 bits per heavy atom. The van der Waals surface area contributed by atoms with Crippen LogP contribution < -0.4 is 10.5 Å². The summed E-state index contributed by atoms with van der Waals surface area (Å²) in [7, 11) is 0. The van der Waals surface area contributed by atoms with E-state index in [9.17, 15) is 14.4 Å². The summed E-state index contributed by atoms with van der Waals surface area (Å²) in [6.45, 7) is 6.16. The van der Waals surface area contributed by atoms with Crippen molar-refractivity contribution in [2.45, 2.75) is 40.2 Å². The molecule has 1 aliphatic rings. The first kappa shape index (κ1) is 20.8. The van der Waals surface area contributed by atoms with Gasteiger partial charge in [0.1, 0.15) is 12.2 Å². The first-order valence-corrected chi connectivity index (χ1v) is 10.5. The zero-order valence-corrected chi connectivity index (χ0v) is 17.9. The van der Waals surface area contributed by atoms with Gasteiger partial charge < -0.3 is 14.1 Å². The highest BCUT2D eigenvalue weighted by molar-refractivity contribution is 5.99. The van der Waals surface area contributed by atoms with Crippen LogP contribution in [0.5, 0.6) is 0 Å². The van der Waals surface area contributed by atoms with E-state index in [0.717, 1.165) is 28.6 Å². The highest BCUT2D eigenvalue weighted by atomic mass is 16.5. The molecule has 1 fully saturated rings. The molecule has 1 aliphatic heterocycles. The first-order chi connectivity index (χ1) is 14.9. The van der Waals surface area contributed by atoms with Gasteiger partial charge in [0.25, 0.3) is 0 Å². The number of rotatable bonds is 5. The van der Waals surface area contributed by atoms with Gasteiger partial charge in [-0.25, -0.2) is 4.79 Å². The van der Waals surface area contributed by atoms with Crippen LogP contribution in [-0.2, 0) is 27.4 Å². The molecule has 0 N–H and O–H groups in total. The van der Waals surface area contributed by atoms with Gasteiger partial charge >= 0.3 is 11.6 Å². The minimum atomic E-state index is -0.534. The van der Waals surface area contributed by atoms with Crippen LogP contribution in [0.1, 0.15) is 35.6 Å². The molecule has 4 rings (SSSR count). The molecule has 0 bridgehead atoms. The Morgan fingerprint density at radius 1 is 1.13 bits per heavy atom. The summed E-state index contributed by atoms with van der Waals surface area (Å²) in [6.07, 6.45) is 1.04. The fourth-order valence-corrected chi connectivity index (χ4v) is 3.94. The molecule has 160 valence electrons. The number of fused-ring (bicyclic) bond motifs is 1. The lowest BCUT2D eigenvalue weighted by atomic mass is 10.0. The number of hydrogen-bond acceptors (Lipinski definition) is 5. The predicted octanol–water partition coefficient (Wildman–Crippen LogP) is 4.07. The van der Waals surface area contributed by atoms with E-state index in [1.807, 2.05) is 50.2 Å². The van der Waals surface area contributed by atoms with E-state index in [1.54, 1.807) is 4.90 Å². The highest BCUT2D eigenvalue weighted by Gasteiger charge is 2.36. The Bertz CT molecular complexity index is 1210. The van der Waals surface area contributed by atoms with Gasteiger partial charge in [0.15, 0.2) is 0 Å². The van der Waals surface area contributed by atoms with Crippen molar-refractivity contribution in [3.05, 3.63) is 75.1 Å². The third kappa shape index (κ3) is 4.10. The van der Waals surface area contributed by atoms with Crippen LogP contribution in [0.15, 0.2) is 51.7 Å². The number of ether oxygens (including phenoxy) is 1. The van der Waals surface area contributed by atoms with Crippen molar-refractivity contribution in [2.75, 3.05) is 11.4 Å². The van der Waals surface area contributed by atoms with Crippen molar-refractivity contribution >= 4 is 28.5 Å². The van der Waals surface area contributed by atoms with Crippen molar-refractivity contribution in [3.63, 3.8) is 0 Å². The summed E-state index contributed by atoms with van der Waals surface area (Å²) in [4.78, 5) is 38.8. The average molecular weight is 419 g/mol. The summed E-state index contributed by atoms with van der Waals surface area (Å²) in [5.41, 5.74) is 4.50. The molecule has 2 aromatic carbocycles. The standard InChI is InChI=1S/C25H25NO5/c1-4-17-6-8-20(9-7-17)26-13-18(11-22(26)27)25(29)30-14-19-12-23(28)31-24-16(3)15(2)5-10-21(19)24/h5-10,12,18H,4,11,13-14H2,1-3H3/t18-/m1/s1. The van der Waals surface area contributed by atoms with Gasteiger partial charge in [0.05, 0.1) is 5.92 Å². The molecule has 1 aromatic heterocycles. The first-order valence-electron chi connectivity index (χ1n) is 10.5. The molecular weight excluding hydrogens is 394 g/mol. The fraction of sp³-hybridized carbons (Fsp3) is 0.320. The van der Waals surface area contributed by atoms with Crippen LogP contribution in [-0.4, -0.2) is 18.4 Å². The molecule has 3 aromatic rings. The number of aryl methyl sites for hydroxylation is 3. The van der Waals surface area contributed by atoms with Crippen molar-refractivity contribution in [1.82, 2.24) is 0 Å². The van der Waals surface area contributed by atoms with E-state index in [2.05, 4.69) is 6.92 Å². The Labute approximate surface area is 180 Å². The lowest BCUT2D eigenvalue weighted by molar-refractivity contribution is -0.149. The molecule has 0 unspecified atom stereocenters. The van der Waals surface area contributed by atoms with E-state index in [0.29, 0.717) is 17.7 Å². The van der Waals surface area contributed by atoms with Crippen LogP contribution in [0.3, 0.4) is 0 Å². The average Bonchev–Trinajstić information content (AvgIpc) is 3.16. The number of benzene rings is 2. The maximum atomic E-state index is 12.7. The maximum Gasteiger partial charge on any atom is 0.336 e. The SMILES string of the molecule is CCc1ccc(N2C[C@H](C(=O)OCc3cc(=O)oc4c(C)c(C)ccc34)CC2=O)cc1. The van der Waals surface area contributed by atoms with Crippen molar-refractivity contribution in [2.24, 2.45) is 5.92 Å². The second kappa shape index (κ2) is 8.38. The number of anilines is 1. The molecule has 1 amide bonds. The molecule has 1 saturated heterocycles. The maximum absolute atomic E-state index is 12.7. The normalized spacial score (nSPS) is 16.2. The van der Waals surface area contributed by atoms with E-state index in [1.165, 1.54) is 11.6 Å². The lowest BCUT2D eigenvalue weighted by Crippen LogP contribution is -2.26. The lowest BCUT2D eigenvalue weighted by Gasteiger charge is -2.17. The van der Waals surface area contributed by atoms with Gasteiger partial charge in [-0.15, -0.1) is 0 Å². The van der Waals surface area contributed by atoms with Crippen molar-refractivity contribution < 1.29 is 18.7 Å². The Hall–Kier alpha value is -3.41. The molecule has 0 saturated carbocycles. The van der Waals surface area contributed by atoms with E-state index < -0.39 is 17.5 Å². The summed E-state index contributed by atoms with van der Waals surface area (Å²) in [6, 6.07) is 13.0. The van der Waals surface area contributed by atoms with Crippen LogP contribution in [0, 0.1) is 19.8 Å². The molecule has 1 atom stereocenters. The number of esters is 1. The second-order valence-electron chi connectivity index (χ2n) is 8.01. The smallest absolute Gasteiger partial charge is 0.336 e. The Morgan fingerprint density at radius 2 is 1.87 bits per heavy atom. The van der Waals surface area contributed by atoms with Crippen molar-refractivity contribution in [3.8, 4) is 0 Å². The topological polar surface area (TPSA) is 76.8 Å². The van der Waals surface area contributed by atoms with E-state index in [4.69, 9.17) is 9.15 Å². The van der Waals surface area contributed by atoms with Gasteiger partial charge in [-0.1, -0.05) is 31.2 Å². The molecule has 0 radical (unpaired) electrons. The highest BCUT2D eigenvalue weighted by Crippen LogP contribution is 2.28. The van der Waals surface area contributed by atoms with Crippen LogP contribution in [0.2, 0.25) is 0 Å².